The van der Waals surface area contributed by atoms with Gasteiger partial charge in [0.25, 0.3) is 0 Å². The normalized spacial score (nSPS) is 13.3. The number of hydrogen-bond donors (Lipinski definition) is 1. The topological polar surface area (TPSA) is 15.8 Å². The summed E-state index contributed by atoms with van der Waals surface area (Å²) in [5, 5.41) is 1.40. The molecule has 1 atom stereocenters. The number of rotatable bonds is 2. The van der Waals surface area contributed by atoms with Gasteiger partial charge in [-0.3, -0.25) is 0 Å². The minimum absolute atomic E-state index is 0.639. The molecule has 1 aromatic carbocycles. The number of aryl methyl sites for hydroxylation is 2. The Morgan fingerprint density at radius 3 is 2.67 bits per heavy atom. The Labute approximate surface area is 91.5 Å². The Morgan fingerprint density at radius 2 is 2.00 bits per heavy atom. The summed E-state index contributed by atoms with van der Waals surface area (Å²) >= 11 is 0. The first-order chi connectivity index (χ1) is 7.13. The number of fused-ring (bicyclic) bond motifs is 1. The number of aromatic amines is 1. The van der Waals surface area contributed by atoms with E-state index in [1.807, 2.05) is 0 Å². The van der Waals surface area contributed by atoms with Crippen molar-refractivity contribution in [2.45, 2.75) is 40.0 Å². The van der Waals surface area contributed by atoms with Gasteiger partial charge in [-0.25, -0.2) is 0 Å². The molecule has 1 heterocycles. The average molecular weight is 201 g/mol. The molecule has 0 amide bonds. The lowest BCUT2D eigenvalue weighted by molar-refractivity contribution is 0.739. The van der Waals surface area contributed by atoms with Crippen molar-refractivity contribution in [3.8, 4) is 0 Å². The van der Waals surface area contributed by atoms with E-state index in [1.54, 1.807) is 0 Å². The third-order valence-corrected chi connectivity index (χ3v) is 3.31. The van der Waals surface area contributed by atoms with Gasteiger partial charge in [0, 0.05) is 17.1 Å². The fourth-order valence-corrected chi connectivity index (χ4v) is 2.24. The Kier molecular flexibility index (Phi) is 2.56. The highest BCUT2D eigenvalue weighted by molar-refractivity contribution is 5.87. The van der Waals surface area contributed by atoms with Crippen molar-refractivity contribution in [2.24, 2.45) is 0 Å². The first-order valence-corrected chi connectivity index (χ1v) is 5.71. The first-order valence-electron chi connectivity index (χ1n) is 5.71. The molecule has 1 heteroatoms. The molecule has 1 nitrogen and oxygen atoms in total. The molecule has 0 bridgehead atoms. The van der Waals surface area contributed by atoms with Gasteiger partial charge < -0.3 is 4.98 Å². The van der Waals surface area contributed by atoms with Crippen molar-refractivity contribution < 1.29 is 0 Å². The molecule has 0 aliphatic rings. The molecular formula is C14H19N. The maximum absolute atomic E-state index is 3.40. The minimum Gasteiger partial charge on any atom is -0.361 e. The largest absolute Gasteiger partial charge is 0.361 e. The van der Waals surface area contributed by atoms with E-state index < -0.39 is 0 Å². The molecule has 0 spiro atoms. The maximum atomic E-state index is 3.40. The molecule has 0 saturated heterocycles. The van der Waals surface area contributed by atoms with Crippen molar-refractivity contribution in [3.05, 3.63) is 35.0 Å². The lowest BCUT2D eigenvalue weighted by atomic mass is 9.96. The molecule has 15 heavy (non-hydrogen) atoms. The summed E-state index contributed by atoms with van der Waals surface area (Å²) in [5.41, 5.74) is 5.46. The second kappa shape index (κ2) is 3.73. The summed E-state index contributed by atoms with van der Waals surface area (Å²) in [6.07, 6.45) is 3.37. The highest BCUT2D eigenvalue weighted by atomic mass is 14.7. The smallest absolute Gasteiger partial charge is 0.0486 e. The van der Waals surface area contributed by atoms with E-state index in [0.29, 0.717) is 5.92 Å². The van der Waals surface area contributed by atoms with Crippen LogP contribution in [0.2, 0.25) is 0 Å². The molecule has 2 aromatic rings. The van der Waals surface area contributed by atoms with Crippen LogP contribution in [0.15, 0.2) is 18.3 Å². The van der Waals surface area contributed by atoms with Gasteiger partial charge in [-0.1, -0.05) is 25.5 Å². The van der Waals surface area contributed by atoms with Gasteiger partial charge in [-0.15, -0.1) is 0 Å². The van der Waals surface area contributed by atoms with Gasteiger partial charge in [0.15, 0.2) is 0 Å². The molecule has 0 aliphatic heterocycles. The van der Waals surface area contributed by atoms with Crippen LogP contribution in [0, 0.1) is 13.8 Å². The Morgan fingerprint density at radius 1 is 1.27 bits per heavy atom. The summed E-state index contributed by atoms with van der Waals surface area (Å²) in [4.78, 5) is 3.40. The molecule has 1 N–H and O–H groups in total. The summed E-state index contributed by atoms with van der Waals surface area (Å²) in [6, 6.07) is 4.53. The third-order valence-electron chi connectivity index (χ3n) is 3.31. The predicted octanol–water partition coefficient (Wildman–Crippen LogP) is 4.30. The monoisotopic (exact) mass is 201 g/mol. The minimum atomic E-state index is 0.639. The molecule has 1 unspecified atom stereocenters. The Hall–Kier alpha value is -1.24. The zero-order valence-electron chi connectivity index (χ0n) is 10.0. The standard InChI is InChI=1S/C14H19N/c1-5-10(3)13-8-15-14-11(4)6-9(2)7-12(13)14/h6-8,10,15H,5H2,1-4H3. The summed E-state index contributed by atoms with van der Waals surface area (Å²) in [7, 11) is 0. The molecule has 2 rings (SSSR count). The second-order valence-electron chi connectivity index (χ2n) is 4.56. The van der Waals surface area contributed by atoms with E-state index in [4.69, 9.17) is 0 Å². The van der Waals surface area contributed by atoms with Crippen LogP contribution in [-0.4, -0.2) is 4.98 Å². The van der Waals surface area contributed by atoms with Crippen molar-refractivity contribution in [3.63, 3.8) is 0 Å². The van der Waals surface area contributed by atoms with Gasteiger partial charge in [0.1, 0.15) is 0 Å². The molecule has 0 radical (unpaired) electrons. The van der Waals surface area contributed by atoms with Crippen molar-refractivity contribution in [1.29, 1.82) is 0 Å². The van der Waals surface area contributed by atoms with Crippen molar-refractivity contribution in [1.82, 2.24) is 4.98 Å². The summed E-state index contributed by atoms with van der Waals surface area (Å²) < 4.78 is 0. The second-order valence-corrected chi connectivity index (χ2v) is 4.56. The van der Waals surface area contributed by atoms with Crippen LogP contribution in [0.25, 0.3) is 10.9 Å². The van der Waals surface area contributed by atoms with Crippen LogP contribution in [0.1, 0.15) is 42.9 Å². The zero-order chi connectivity index (χ0) is 11.0. The number of hydrogen-bond acceptors (Lipinski definition) is 0. The number of nitrogens with one attached hydrogen (secondary N) is 1. The van der Waals surface area contributed by atoms with E-state index in [0.717, 1.165) is 0 Å². The van der Waals surface area contributed by atoms with E-state index in [2.05, 4.69) is 51.0 Å². The van der Waals surface area contributed by atoms with Crippen LogP contribution >= 0.6 is 0 Å². The predicted molar refractivity (Wildman–Crippen MR) is 66.5 cm³/mol. The van der Waals surface area contributed by atoms with Crippen LogP contribution < -0.4 is 0 Å². The first kappa shape index (κ1) is 10.3. The quantitative estimate of drug-likeness (QED) is 0.745. The van der Waals surface area contributed by atoms with E-state index in [9.17, 15) is 0 Å². The molecule has 80 valence electrons. The number of benzene rings is 1. The SMILES string of the molecule is CCC(C)c1c[nH]c2c(C)cc(C)cc12. The molecule has 0 saturated carbocycles. The molecular weight excluding hydrogens is 182 g/mol. The number of aromatic nitrogens is 1. The molecule has 0 aliphatic carbocycles. The van der Waals surface area contributed by atoms with Crippen LogP contribution in [0.3, 0.4) is 0 Å². The van der Waals surface area contributed by atoms with Crippen molar-refractivity contribution >= 4 is 10.9 Å². The van der Waals surface area contributed by atoms with Crippen molar-refractivity contribution in [2.75, 3.05) is 0 Å². The van der Waals surface area contributed by atoms with E-state index >= 15 is 0 Å². The van der Waals surface area contributed by atoms with Gasteiger partial charge in [0.05, 0.1) is 0 Å². The highest BCUT2D eigenvalue weighted by Gasteiger charge is 2.10. The third kappa shape index (κ3) is 1.67. The lowest BCUT2D eigenvalue weighted by Gasteiger charge is -2.07. The van der Waals surface area contributed by atoms with Gasteiger partial charge in [-0.2, -0.15) is 0 Å². The van der Waals surface area contributed by atoms with Crippen LogP contribution in [-0.2, 0) is 0 Å². The van der Waals surface area contributed by atoms with Gasteiger partial charge >= 0.3 is 0 Å². The number of H-pyrrole nitrogens is 1. The van der Waals surface area contributed by atoms with Gasteiger partial charge in [0.2, 0.25) is 0 Å². The Balaban J connectivity index is 2.68. The van der Waals surface area contributed by atoms with Gasteiger partial charge in [-0.05, 0) is 43.4 Å². The average Bonchev–Trinajstić information content (AvgIpc) is 2.60. The maximum Gasteiger partial charge on any atom is 0.0486 e. The van der Waals surface area contributed by atoms with E-state index in [1.165, 1.54) is 34.0 Å². The van der Waals surface area contributed by atoms with Crippen LogP contribution in [0.4, 0.5) is 0 Å². The Bertz CT molecular complexity index is 479. The summed E-state index contributed by atoms with van der Waals surface area (Å²) in [6.45, 7) is 8.87. The fraction of sp³-hybridized carbons (Fsp3) is 0.429. The lowest BCUT2D eigenvalue weighted by Crippen LogP contribution is -1.89. The fourth-order valence-electron chi connectivity index (χ4n) is 2.24. The molecule has 0 fully saturated rings. The molecule has 1 aromatic heterocycles. The highest BCUT2D eigenvalue weighted by Crippen LogP contribution is 2.29. The zero-order valence-corrected chi connectivity index (χ0v) is 10.0. The summed E-state index contributed by atoms with van der Waals surface area (Å²) in [5.74, 6) is 0.639. The van der Waals surface area contributed by atoms with Crippen LogP contribution in [0.5, 0.6) is 0 Å². The van der Waals surface area contributed by atoms with E-state index in [-0.39, 0.29) is 0 Å².